The van der Waals surface area contributed by atoms with Crippen molar-refractivity contribution in [3.05, 3.63) is 22.7 Å². The summed E-state index contributed by atoms with van der Waals surface area (Å²) in [6.45, 7) is 6.13. The Morgan fingerprint density at radius 3 is 2.75 bits per heavy atom. The van der Waals surface area contributed by atoms with Crippen molar-refractivity contribution in [1.82, 2.24) is 9.55 Å². The molecule has 2 rings (SSSR count). The minimum atomic E-state index is -0.138. The lowest BCUT2D eigenvalue weighted by Gasteiger charge is -2.47. The number of aromatic nitrogens is 2. The largest absolute Gasteiger partial charge is 0.348 e. The van der Waals surface area contributed by atoms with E-state index in [1.807, 2.05) is 11.8 Å². The number of nitrogens with two attached hydrogens (primary N) is 1. The Kier molecular flexibility index (Phi) is 2.71. The van der Waals surface area contributed by atoms with Crippen LogP contribution in [0.3, 0.4) is 0 Å². The molecule has 2 heterocycles. The van der Waals surface area contributed by atoms with Gasteiger partial charge in [0.15, 0.2) is 5.82 Å². The van der Waals surface area contributed by atoms with Gasteiger partial charge in [0.2, 0.25) is 0 Å². The van der Waals surface area contributed by atoms with Crippen molar-refractivity contribution in [3.63, 3.8) is 0 Å². The Morgan fingerprint density at radius 2 is 2.19 bits per heavy atom. The molecule has 5 nitrogen and oxygen atoms in total. The molecule has 1 aromatic heterocycles. The Labute approximate surface area is 94.9 Å². The first-order valence-electron chi connectivity index (χ1n) is 5.69. The highest BCUT2D eigenvalue weighted by Gasteiger charge is 2.39. The molecule has 0 aromatic carbocycles. The fraction of sp³-hybridized carbons (Fsp3) is 0.636. The SMILES string of the molecule is CCn1ccnc(N2CC(N)(CC)C2)c1=O. The van der Waals surface area contributed by atoms with Crippen LogP contribution in [0.2, 0.25) is 0 Å². The van der Waals surface area contributed by atoms with E-state index >= 15 is 0 Å². The van der Waals surface area contributed by atoms with Crippen molar-refractivity contribution in [1.29, 1.82) is 0 Å². The van der Waals surface area contributed by atoms with Crippen LogP contribution in [0.15, 0.2) is 17.2 Å². The third-order valence-electron chi connectivity index (χ3n) is 3.25. The topological polar surface area (TPSA) is 64.2 Å². The van der Waals surface area contributed by atoms with E-state index < -0.39 is 0 Å². The molecule has 0 amide bonds. The smallest absolute Gasteiger partial charge is 0.293 e. The molecule has 1 aromatic rings. The quantitative estimate of drug-likeness (QED) is 0.793. The minimum Gasteiger partial charge on any atom is -0.348 e. The molecule has 0 aliphatic carbocycles. The lowest BCUT2D eigenvalue weighted by molar-refractivity contribution is 0.318. The fourth-order valence-corrected chi connectivity index (χ4v) is 1.99. The van der Waals surface area contributed by atoms with Crippen molar-refractivity contribution < 1.29 is 0 Å². The first-order chi connectivity index (χ1) is 7.59. The maximum Gasteiger partial charge on any atom is 0.293 e. The summed E-state index contributed by atoms with van der Waals surface area (Å²) in [6, 6.07) is 0. The van der Waals surface area contributed by atoms with Gasteiger partial charge in [-0.15, -0.1) is 0 Å². The van der Waals surface area contributed by atoms with Gasteiger partial charge in [0.05, 0.1) is 5.54 Å². The minimum absolute atomic E-state index is 0.0249. The lowest BCUT2D eigenvalue weighted by Crippen LogP contribution is -2.68. The summed E-state index contributed by atoms with van der Waals surface area (Å²) in [5.74, 6) is 0.527. The Hall–Kier alpha value is -1.36. The maximum absolute atomic E-state index is 12.0. The molecule has 1 saturated heterocycles. The first kappa shape index (κ1) is 11.1. The van der Waals surface area contributed by atoms with Crippen molar-refractivity contribution in [3.8, 4) is 0 Å². The van der Waals surface area contributed by atoms with Gasteiger partial charge in [-0.1, -0.05) is 6.92 Å². The van der Waals surface area contributed by atoms with E-state index in [4.69, 9.17) is 5.73 Å². The van der Waals surface area contributed by atoms with Crippen LogP contribution in [0.1, 0.15) is 20.3 Å². The van der Waals surface area contributed by atoms with E-state index in [-0.39, 0.29) is 11.1 Å². The lowest BCUT2D eigenvalue weighted by atomic mass is 9.88. The van der Waals surface area contributed by atoms with Gasteiger partial charge in [-0.05, 0) is 13.3 Å². The maximum atomic E-state index is 12.0. The second-order valence-corrected chi connectivity index (χ2v) is 4.41. The van der Waals surface area contributed by atoms with E-state index in [1.54, 1.807) is 17.0 Å². The van der Waals surface area contributed by atoms with Gasteiger partial charge in [-0.25, -0.2) is 4.98 Å². The molecule has 1 aliphatic heterocycles. The molecular formula is C11H18N4O. The van der Waals surface area contributed by atoms with Gasteiger partial charge >= 0.3 is 0 Å². The molecule has 0 bridgehead atoms. The van der Waals surface area contributed by atoms with E-state index in [2.05, 4.69) is 11.9 Å². The van der Waals surface area contributed by atoms with Gasteiger partial charge in [-0.2, -0.15) is 0 Å². The highest BCUT2D eigenvalue weighted by atomic mass is 16.1. The molecule has 0 saturated carbocycles. The predicted octanol–water partition coefficient (Wildman–Crippen LogP) is 0.191. The van der Waals surface area contributed by atoms with Crippen LogP contribution in [0.25, 0.3) is 0 Å². The van der Waals surface area contributed by atoms with Crippen LogP contribution in [-0.4, -0.2) is 28.2 Å². The second kappa shape index (κ2) is 3.90. The zero-order valence-electron chi connectivity index (χ0n) is 9.81. The van der Waals surface area contributed by atoms with E-state index in [9.17, 15) is 4.79 Å². The van der Waals surface area contributed by atoms with Gasteiger partial charge in [0.1, 0.15) is 0 Å². The van der Waals surface area contributed by atoms with Crippen molar-refractivity contribution in [2.45, 2.75) is 32.4 Å². The van der Waals surface area contributed by atoms with Crippen molar-refractivity contribution in [2.24, 2.45) is 5.73 Å². The molecule has 2 N–H and O–H groups in total. The molecule has 1 aliphatic rings. The van der Waals surface area contributed by atoms with Crippen LogP contribution in [0.4, 0.5) is 5.82 Å². The molecule has 88 valence electrons. The summed E-state index contributed by atoms with van der Waals surface area (Å²) < 4.78 is 1.66. The third kappa shape index (κ3) is 1.71. The third-order valence-corrected chi connectivity index (χ3v) is 3.25. The van der Waals surface area contributed by atoms with Crippen LogP contribution in [0, 0.1) is 0 Å². The highest BCUT2D eigenvalue weighted by Crippen LogP contribution is 2.24. The highest BCUT2D eigenvalue weighted by molar-refractivity contribution is 5.42. The average molecular weight is 222 g/mol. The van der Waals surface area contributed by atoms with Crippen LogP contribution < -0.4 is 16.2 Å². The normalized spacial score (nSPS) is 18.3. The van der Waals surface area contributed by atoms with Crippen molar-refractivity contribution >= 4 is 5.82 Å². The Bertz CT molecular complexity index is 434. The van der Waals surface area contributed by atoms with Crippen LogP contribution in [-0.2, 0) is 6.54 Å². The van der Waals surface area contributed by atoms with E-state index in [0.29, 0.717) is 12.4 Å². The molecule has 5 heteroatoms. The number of rotatable bonds is 3. The summed E-state index contributed by atoms with van der Waals surface area (Å²) in [5.41, 5.74) is 5.91. The summed E-state index contributed by atoms with van der Waals surface area (Å²) in [7, 11) is 0. The number of hydrogen-bond donors (Lipinski definition) is 1. The van der Waals surface area contributed by atoms with Crippen LogP contribution in [0.5, 0.6) is 0 Å². The van der Waals surface area contributed by atoms with Crippen molar-refractivity contribution in [2.75, 3.05) is 18.0 Å². The molecule has 0 radical (unpaired) electrons. The molecule has 0 spiro atoms. The van der Waals surface area contributed by atoms with Gasteiger partial charge < -0.3 is 15.2 Å². The van der Waals surface area contributed by atoms with E-state index in [1.165, 1.54) is 0 Å². The fourth-order valence-electron chi connectivity index (χ4n) is 1.99. The van der Waals surface area contributed by atoms with Gasteiger partial charge in [0.25, 0.3) is 5.56 Å². The number of hydrogen-bond acceptors (Lipinski definition) is 4. The zero-order chi connectivity index (χ0) is 11.8. The molecule has 0 unspecified atom stereocenters. The average Bonchev–Trinajstić information content (AvgIpc) is 2.25. The van der Waals surface area contributed by atoms with Gasteiger partial charge in [-0.3, -0.25) is 4.79 Å². The monoisotopic (exact) mass is 222 g/mol. The summed E-state index contributed by atoms with van der Waals surface area (Å²) in [4.78, 5) is 18.1. The Balaban J connectivity index is 2.21. The first-order valence-corrected chi connectivity index (χ1v) is 5.69. The predicted molar refractivity (Wildman–Crippen MR) is 63.6 cm³/mol. The van der Waals surface area contributed by atoms with Crippen LogP contribution >= 0.6 is 0 Å². The Morgan fingerprint density at radius 1 is 1.50 bits per heavy atom. The summed E-state index contributed by atoms with van der Waals surface area (Å²) in [6.07, 6.45) is 4.31. The number of nitrogens with zero attached hydrogens (tertiary/aromatic N) is 3. The summed E-state index contributed by atoms with van der Waals surface area (Å²) >= 11 is 0. The molecule has 16 heavy (non-hydrogen) atoms. The molecule has 0 atom stereocenters. The standard InChI is InChI=1S/C11H18N4O/c1-3-11(12)7-15(8-11)9-10(16)14(4-2)6-5-13-9/h5-6H,3-4,7-8,12H2,1-2H3. The molecule has 1 fully saturated rings. The number of aryl methyl sites for hydroxylation is 1. The number of anilines is 1. The van der Waals surface area contributed by atoms with Gasteiger partial charge in [0, 0.05) is 32.0 Å². The van der Waals surface area contributed by atoms with E-state index in [0.717, 1.165) is 19.5 Å². The molecular weight excluding hydrogens is 204 g/mol. The second-order valence-electron chi connectivity index (χ2n) is 4.41. The summed E-state index contributed by atoms with van der Waals surface area (Å²) in [5, 5.41) is 0. The zero-order valence-corrected chi connectivity index (χ0v) is 9.81.